The summed E-state index contributed by atoms with van der Waals surface area (Å²) in [7, 11) is 1.80. The molecule has 2 heterocycles. The fourth-order valence-electron chi connectivity index (χ4n) is 4.37. The maximum Gasteiger partial charge on any atom is 0.124 e. The Hall–Kier alpha value is -1.22. The van der Waals surface area contributed by atoms with Crippen molar-refractivity contribution in [2.45, 2.75) is 65.0 Å². The zero-order valence-electron chi connectivity index (χ0n) is 16.1. The summed E-state index contributed by atoms with van der Waals surface area (Å²) in [6, 6.07) is 8.19. The molecule has 2 aliphatic heterocycles. The normalized spacial score (nSPS) is 24.2. The third kappa shape index (κ3) is 3.56. The number of piperazine rings is 1. The third-order valence-corrected chi connectivity index (χ3v) is 5.72. The Morgan fingerprint density at radius 2 is 1.75 bits per heavy atom. The molecule has 2 unspecified atom stereocenters. The van der Waals surface area contributed by atoms with Gasteiger partial charge in [0.05, 0.1) is 7.11 Å². The third-order valence-electron chi connectivity index (χ3n) is 5.72. The van der Waals surface area contributed by atoms with Gasteiger partial charge in [0.15, 0.2) is 0 Å². The Kier molecular flexibility index (Phi) is 5.39. The molecule has 3 rings (SSSR count). The summed E-state index contributed by atoms with van der Waals surface area (Å²) in [5.74, 6) is 2.34. The molecule has 3 nitrogen and oxygen atoms in total. The van der Waals surface area contributed by atoms with Gasteiger partial charge in [-0.15, -0.1) is 0 Å². The van der Waals surface area contributed by atoms with E-state index >= 15 is 0 Å². The smallest absolute Gasteiger partial charge is 0.124 e. The van der Waals surface area contributed by atoms with Crippen LogP contribution in [0.2, 0.25) is 0 Å². The molecule has 1 aromatic carbocycles. The Balaban J connectivity index is 1.75. The molecule has 2 bridgehead atoms. The molecule has 3 heteroatoms. The minimum Gasteiger partial charge on any atom is -0.496 e. The summed E-state index contributed by atoms with van der Waals surface area (Å²) in [5.41, 5.74) is 2.66. The maximum absolute atomic E-state index is 5.68. The monoisotopic (exact) mass is 330 g/mol. The summed E-state index contributed by atoms with van der Waals surface area (Å²) < 4.78 is 5.68. The molecule has 2 saturated heterocycles. The minimum absolute atomic E-state index is 0.499. The molecule has 24 heavy (non-hydrogen) atoms. The lowest BCUT2D eigenvalue weighted by atomic mass is 10.0. The van der Waals surface area contributed by atoms with E-state index in [1.54, 1.807) is 7.11 Å². The van der Waals surface area contributed by atoms with E-state index in [4.69, 9.17) is 4.74 Å². The molecule has 2 aliphatic rings. The van der Waals surface area contributed by atoms with E-state index in [2.05, 4.69) is 55.7 Å². The van der Waals surface area contributed by atoms with Gasteiger partial charge in [0, 0.05) is 36.9 Å². The van der Waals surface area contributed by atoms with Crippen molar-refractivity contribution in [3.8, 4) is 5.75 Å². The Labute approximate surface area is 148 Å². The van der Waals surface area contributed by atoms with Gasteiger partial charge >= 0.3 is 0 Å². The molecule has 2 atom stereocenters. The van der Waals surface area contributed by atoms with Crippen LogP contribution in [-0.4, -0.2) is 43.7 Å². The minimum atomic E-state index is 0.499. The van der Waals surface area contributed by atoms with Crippen LogP contribution < -0.4 is 9.64 Å². The first-order chi connectivity index (χ1) is 11.5. The highest BCUT2D eigenvalue weighted by Gasteiger charge is 2.39. The van der Waals surface area contributed by atoms with Gasteiger partial charge in [-0.2, -0.15) is 0 Å². The van der Waals surface area contributed by atoms with Crippen molar-refractivity contribution in [3.63, 3.8) is 0 Å². The lowest BCUT2D eigenvalue weighted by Crippen LogP contribution is -2.54. The standard InChI is InChI=1S/C21H34N2O/c1-15(2)10-11-22-13-18-6-7-19(14-22)23(18)17-8-9-20(16(3)4)21(12-17)24-5/h8-9,12,15-16,18-19H,6-7,10-11,13-14H2,1-5H3. The number of rotatable bonds is 6. The SMILES string of the molecule is COc1cc(N2C3CCC2CN(CCC(C)C)C3)ccc1C(C)C. The number of benzene rings is 1. The van der Waals surface area contributed by atoms with Crippen molar-refractivity contribution in [3.05, 3.63) is 23.8 Å². The molecule has 0 spiro atoms. The van der Waals surface area contributed by atoms with Crippen LogP contribution in [0.1, 0.15) is 58.4 Å². The zero-order chi connectivity index (χ0) is 17.3. The summed E-state index contributed by atoms with van der Waals surface area (Å²) in [4.78, 5) is 5.37. The van der Waals surface area contributed by atoms with E-state index in [0.29, 0.717) is 18.0 Å². The largest absolute Gasteiger partial charge is 0.496 e. The second-order valence-corrected chi connectivity index (χ2v) is 8.32. The topological polar surface area (TPSA) is 15.7 Å². The molecule has 0 aliphatic carbocycles. The van der Waals surface area contributed by atoms with Crippen LogP contribution >= 0.6 is 0 Å². The van der Waals surface area contributed by atoms with Gasteiger partial charge in [0.1, 0.15) is 5.75 Å². The fraction of sp³-hybridized carbons (Fsp3) is 0.714. The van der Waals surface area contributed by atoms with Crippen LogP contribution in [0.3, 0.4) is 0 Å². The van der Waals surface area contributed by atoms with Gasteiger partial charge < -0.3 is 9.64 Å². The van der Waals surface area contributed by atoms with E-state index in [1.807, 2.05) is 0 Å². The Morgan fingerprint density at radius 3 is 2.29 bits per heavy atom. The molecular formula is C21H34N2O. The first-order valence-electron chi connectivity index (χ1n) is 9.68. The average Bonchev–Trinajstić information content (AvgIpc) is 2.82. The van der Waals surface area contributed by atoms with E-state index < -0.39 is 0 Å². The molecule has 1 aromatic rings. The Bertz CT molecular complexity index is 541. The van der Waals surface area contributed by atoms with Crippen LogP contribution in [0, 0.1) is 5.92 Å². The summed E-state index contributed by atoms with van der Waals surface area (Å²) in [5, 5.41) is 0. The summed E-state index contributed by atoms with van der Waals surface area (Å²) in [6.45, 7) is 12.8. The molecule has 0 amide bonds. The molecular weight excluding hydrogens is 296 g/mol. The average molecular weight is 331 g/mol. The summed E-state index contributed by atoms with van der Waals surface area (Å²) >= 11 is 0. The highest BCUT2D eigenvalue weighted by molar-refractivity contribution is 5.57. The first-order valence-corrected chi connectivity index (χ1v) is 9.68. The van der Waals surface area contributed by atoms with Crippen molar-refractivity contribution < 1.29 is 4.74 Å². The van der Waals surface area contributed by atoms with Gasteiger partial charge in [-0.1, -0.05) is 33.8 Å². The second kappa shape index (κ2) is 7.35. The number of fused-ring (bicyclic) bond motifs is 2. The maximum atomic E-state index is 5.68. The molecule has 0 N–H and O–H groups in total. The molecule has 134 valence electrons. The number of hydrogen-bond acceptors (Lipinski definition) is 3. The number of hydrogen-bond donors (Lipinski definition) is 0. The van der Waals surface area contributed by atoms with E-state index in [9.17, 15) is 0 Å². The second-order valence-electron chi connectivity index (χ2n) is 8.32. The van der Waals surface area contributed by atoms with Crippen LogP contribution in [0.4, 0.5) is 5.69 Å². The molecule has 0 aromatic heterocycles. The van der Waals surface area contributed by atoms with Crippen molar-refractivity contribution >= 4 is 5.69 Å². The zero-order valence-corrected chi connectivity index (χ0v) is 16.1. The highest BCUT2D eigenvalue weighted by Crippen LogP contribution is 2.38. The van der Waals surface area contributed by atoms with Gasteiger partial charge in [-0.3, -0.25) is 4.90 Å². The van der Waals surface area contributed by atoms with Crippen molar-refractivity contribution in [1.29, 1.82) is 0 Å². The lowest BCUT2D eigenvalue weighted by Gasteiger charge is -2.43. The van der Waals surface area contributed by atoms with Crippen LogP contribution in [0.15, 0.2) is 18.2 Å². The molecule has 0 saturated carbocycles. The quantitative estimate of drug-likeness (QED) is 0.763. The van der Waals surface area contributed by atoms with Crippen molar-refractivity contribution in [2.24, 2.45) is 5.92 Å². The van der Waals surface area contributed by atoms with E-state index in [1.165, 1.54) is 50.1 Å². The fourth-order valence-corrected chi connectivity index (χ4v) is 4.37. The van der Waals surface area contributed by atoms with E-state index in [0.717, 1.165) is 11.7 Å². The van der Waals surface area contributed by atoms with Crippen molar-refractivity contribution in [2.75, 3.05) is 31.6 Å². The van der Waals surface area contributed by atoms with Crippen LogP contribution in [0.5, 0.6) is 5.75 Å². The predicted molar refractivity (Wildman–Crippen MR) is 102 cm³/mol. The highest BCUT2D eigenvalue weighted by atomic mass is 16.5. The Morgan fingerprint density at radius 1 is 1.08 bits per heavy atom. The number of ether oxygens (including phenoxy) is 1. The number of nitrogens with zero attached hydrogens (tertiary/aromatic N) is 2. The van der Waals surface area contributed by atoms with Crippen LogP contribution in [-0.2, 0) is 0 Å². The van der Waals surface area contributed by atoms with Gasteiger partial charge in [0.2, 0.25) is 0 Å². The number of anilines is 1. The number of likely N-dealkylation sites (tertiary alicyclic amines) is 1. The molecule has 0 radical (unpaired) electrons. The lowest BCUT2D eigenvalue weighted by molar-refractivity contribution is 0.209. The van der Waals surface area contributed by atoms with Crippen molar-refractivity contribution in [1.82, 2.24) is 4.90 Å². The molecule has 2 fully saturated rings. The van der Waals surface area contributed by atoms with Crippen LogP contribution in [0.25, 0.3) is 0 Å². The number of methoxy groups -OCH3 is 1. The van der Waals surface area contributed by atoms with E-state index in [-0.39, 0.29) is 0 Å². The van der Waals surface area contributed by atoms with Gasteiger partial charge in [0.25, 0.3) is 0 Å². The first kappa shape index (κ1) is 17.6. The van der Waals surface area contributed by atoms with Gasteiger partial charge in [-0.25, -0.2) is 0 Å². The van der Waals surface area contributed by atoms with Gasteiger partial charge in [-0.05, 0) is 49.3 Å². The predicted octanol–water partition coefficient (Wildman–Crippen LogP) is 4.52. The summed E-state index contributed by atoms with van der Waals surface area (Å²) in [6.07, 6.45) is 3.98.